The Balaban J connectivity index is 0.918. The maximum Gasteiger partial charge on any atom is 0.293 e. The van der Waals surface area contributed by atoms with Crippen LogP contribution in [0.3, 0.4) is 0 Å². The summed E-state index contributed by atoms with van der Waals surface area (Å²) in [6.07, 6.45) is 10.3. The summed E-state index contributed by atoms with van der Waals surface area (Å²) in [6, 6.07) is 21.8. The number of fused-ring (bicyclic) bond motifs is 1. The second kappa shape index (κ2) is 18.2. The van der Waals surface area contributed by atoms with Crippen molar-refractivity contribution in [2.24, 2.45) is 11.3 Å². The highest BCUT2D eigenvalue weighted by molar-refractivity contribution is 7.90. The Hall–Kier alpha value is -5.71. The predicted octanol–water partition coefficient (Wildman–Crippen LogP) is 9.11. The van der Waals surface area contributed by atoms with Crippen molar-refractivity contribution in [3.8, 4) is 17.4 Å². The third kappa shape index (κ3) is 9.32. The lowest BCUT2D eigenvalue weighted by Crippen LogP contribution is -2.63. The van der Waals surface area contributed by atoms with Gasteiger partial charge in [-0.05, 0) is 129 Å². The summed E-state index contributed by atoms with van der Waals surface area (Å²) in [5.74, 6) is 0.767. The molecule has 1 amide bonds. The molecule has 1 spiro atoms. The number of aliphatic hydroxyl groups is 1. The minimum atomic E-state index is -4.60. The number of hydrogen-bond donors (Lipinski definition) is 4. The van der Waals surface area contributed by atoms with E-state index in [0.29, 0.717) is 42.9 Å². The van der Waals surface area contributed by atoms with E-state index in [-0.39, 0.29) is 40.0 Å². The molecule has 9 rings (SSSR count). The van der Waals surface area contributed by atoms with Crippen molar-refractivity contribution >= 4 is 44.0 Å². The Morgan fingerprint density at radius 1 is 0.985 bits per heavy atom. The molecule has 2 aromatic heterocycles. The van der Waals surface area contributed by atoms with Gasteiger partial charge in [0.05, 0.1) is 28.1 Å². The number of pyridine rings is 1. The zero-order valence-electron chi connectivity index (χ0n) is 38.2. The number of hydrogen-bond acceptors (Lipinski definition) is 12. The van der Waals surface area contributed by atoms with Crippen molar-refractivity contribution in [1.82, 2.24) is 19.6 Å². The Labute approximate surface area is 386 Å². The molecule has 5 aromatic rings. The fraction of sp³-hybridized carbons (Fsp3) is 0.480. The molecule has 4 heterocycles. The molecule has 0 unspecified atom stereocenters. The summed E-state index contributed by atoms with van der Waals surface area (Å²) in [5, 5.41) is 26.4. The van der Waals surface area contributed by atoms with Crippen molar-refractivity contribution in [2.45, 2.75) is 107 Å². The van der Waals surface area contributed by atoms with Crippen molar-refractivity contribution in [3.05, 3.63) is 106 Å². The van der Waals surface area contributed by atoms with Crippen LogP contribution in [-0.4, -0.2) is 90.7 Å². The lowest BCUT2D eigenvalue weighted by molar-refractivity contribution is -0.384. The number of nitrogens with zero attached hydrogens (tertiary/aromatic N) is 4. The lowest BCUT2D eigenvalue weighted by Gasteiger charge is -2.57. The number of carbonyl (C=O) groups is 1. The Bertz CT molecular complexity index is 2710. The molecule has 2 aliphatic carbocycles. The van der Waals surface area contributed by atoms with Gasteiger partial charge in [0.1, 0.15) is 17.1 Å². The molecule has 4 N–H and O–H groups in total. The van der Waals surface area contributed by atoms with Crippen LogP contribution in [0.15, 0.2) is 83.9 Å². The Morgan fingerprint density at radius 2 is 1.74 bits per heavy atom. The molecular formula is C50H61N7O8S. The SMILES string of the molecule is COc1nc2[nH]ccc2cc1Oc1cc(N2CCC3(CC2)CN([C@@H]2CCC[C@@H]2c2ccccc2C(C)C)C3)ccc1C(=O)NS(=O)(=O)c1ccc(NC[C@H]2CC[C@](C)(O)CC2)c([N+](=O)[O-])c1. The van der Waals surface area contributed by atoms with Crippen LogP contribution in [0.2, 0.25) is 0 Å². The number of nitro groups is 1. The normalized spacial score (nSPS) is 23.2. The van der Waals surface area contributed by atoms with Crippen LogP contribution in [-0.2, 0) is 10.0 Å². The number of amides is 1. The number of nitrogens with one attached hydrogen (secondary N) is 3. The number of benzene rings is 3. The third-order valence-electron chi connectivity index (χ3n) is 14.8. The second-order valence-corrected chi connectivity index (χ2v) is 21.3. The number of H-pyrrole nitrogens is 1. The molecule has 0 bridgehead atoms. The molecule has 2 saturated heterocycles. The molecule has 2 aliphatic heterocycles. The van der Waals surface area contributed by atoms with Crippen LogP contribution in [0.1, 0.15) is 112 Å². The topological polar surface area (TPSA) is 192 Å². The van der Waals surface area contributed by atoms with Gasteiger partial charge in [-0.25, -0.2) is 13.1 Å². The standard InChI is InChI=1S/C50H61N7O8S/c1-32(2)37-8-5-6-9-38(37)39-10-7-11-42(39)56-30-50(31-56)21-24-55(25-22-50)35-12-14-40(44(27-35)65-45-26-34-18-23-51-46(34)53-48(45)64-4)47(58)54-66(62,63)36-13-15-41(43(28-36)57(60)61)52-29-33-16-19-49(3,59)20-17-33/h5-6,8-9,12-15,18,23,26-28,32-33,39,42,52,59H,7,10-11,16-17,19-22,24-25,29-31H2,1-4H3,(H,51,53)(H,54,58)/t33-,39-,42-,49-/m1/s1. The summed E-state index contributed by atoms with van der Waals surface area (Å²) >= 11 is 0. The number of anilines is 2. The molecule has 350 valence electrons. The summed E-state index contributed by atoms with van der Waals surface area (Å²) < 4.78 is 41.8. The van der Waals surface area contributed by atoms with Crippen molar-refractivity contribution in [2.75, 3.05) is 50.1 Å². The number of ether oxygens (including phenoxy) is 2. The molecule has 2 atom stereocenters. The molecule has 0 radical (unpaired) electrons. The number of likely N-dealkylation sites (tertiary alicyclic amines) is 1. The van der Waals surface area contributed by atoms with Gasteiger partial charge in [0.15, 0.2) is 5.75 Å². The number of piperidine rings is 1. The van der Waals surface area contributed by atoms with Gasteiger partial charge in [0.25, 0.3) is 27.5 Å². The first-order valence-corrected chi connectivity index (χ1v) is 24.8. The van der Waals surface area contributed by atoms with Crippen LogP contribution in [0, 0.1) is 21.4 Å². The predicted molar refractivity (Wildman–Crippen MR) is 254 cm³/mol. The van der Waals surface area contributed by atoms with Gasteiger partial charge in [-0.2, -0.15) is 4.98 Å². The lowest BCUT2D eigenvalue weighted by atomic mass is 9.70. The molecular weight excluding hydrogens is 859 g/mol. The van der Waals surface area contributed by atoms with Crippen LogP contribution >= 0.6 is 0 Å². The quantitative estimate of drug-likeness (QED) is 0.0611. The number of carbonyl (C=O) groups excluding carboxylic acids is 1. The highest BCUT2D eigenvalue weighted by Gasteiger charge is 2.49. The van der Waals surface area contributed by atoms with Crippen LogP contribution in [0.25, 0.3) is 11.0 Å². The fourth-order valence-electron chi connectivity index (χ4n) is 11.0. The van der Waals surface area contributed by atoms with Gasteiger partial charge >= 0.3 is 0 Å². The zero-order valence-corrected chi connectivity index (χ0v) is 39.0. The third-order valence-corrected chi connectivity index (χ3v) is 16.1. The largest absolute Gasteiger partial charge is 0.478 e. The van der Waals surface area contributed by atoms with Crippen LogP contribution < -0.4 is 24.4 Å². The van der Waals surface area contributed by atoms with E-state index in [4.69, 9.17) is 9.47 Å². The second-order valence-electron chi connectivity index (χ2n) is 19.7. The number of aromatic nitrogens is 2. The smallest absolute Gasteiger partial charge is 0.293 e. The van der Waals surface area contributed by atoms with Gasteiger partial charge in [-0.1, -0.05) is 44.5 Å². The summed E-state index contributed by atoms with van der Waals surface area (Å²) in [4.78, 5) is 37.8. The van der Waals surface area contributed by atoms with Gasteiger partial charge in [0, 0.05) is 68.2 Å². The van der Waals surface area contributed by atoms with E-state index >= 15 is 0 Å². The first-order chi connectivity index (χ1) is 31.6. The van der Waals surface area contributed by atoms with Crippen molar-refractivity contribution in [1.29, 1.82) is 0 Å². The Morgan fingerprint density at radius 3 is 2.47 bits per heavy atom. The summed E-state index contributed by atoms with van der Waals surface area (Å²) in [5.41, 5.74) is 3.60. The van der Waals surface area contributed by atoms with Gasteiger partial charge < -0.3 is 29.8 Å². The monoisotopic (exact) mass is 919 g/mol. The van der Waals surface area contributed by atoms with E-state index < -0.39 is 37.0 Å². The van der Waals surface area contributed by atoms with Gasteiger partial charge in [-0.15, -0.1) is 0 Å². The van der Waals surface area contributed by atoms with E-state index in [2.05, 4.69) is 67.9 Å². The highest BCUT2D eigenvalue weighted by atomic mass is 32.2. The molecule has 4 fully saturated rings. The molecule has 3 aromatic carbocycles. The van der Waals surface area contributed by atoms with Crippen molar-refractivity contribution in [3.63, 3.8) is 0 Å². The van der Waals surface area contributed by atoms with E-state index in [1.54, 1.807) is 30.5 Å². The van der Waals surface area contributed by atoms with Crippen LogP contribution in [0.5, 0.6) is 17.4 Å². The molecule has 15 nitrogen and oxygen atoms in total. The van der Waals surface area contributed by atoms with Crippen molar-refractivity contribution < 1.29 is 32.7 Å². The first-order valence-electron chi connectivity index (χ1n) is 23.3. The Kier molecular flexibility index (Phi) is 12.5. The maximum absolute atomic E-state index is 14.1. The average molecular weight is 920 g/mol. The van der Waals surface area contributed by atoms with E-state index in [9.17, 15) is 28.4 Å². The number of rotatable bonds is 14. The van der Waals surface area contributed by atoms with E-state index in [0.717, 1.165) is 69.0 Å². The number of aromatic amines is 1. The minimum Gasteiger partial charge on any atom is -0.478 e. The van der Waals surface area contributed by atoms with Gasteiger partial charge in [0.2, 0.25) is 0 Å². The van der Waals surface area contributed by atoms with E-state index in [1.165, 1.54) is 49.6 Å². The number of sulfonamides is 1. The van der Waals surface area contributed by atoms with E-state index in [1.807, 2.05) is 13.0 Å². The average Bonchev–Trinajstić information content (AvgIpc) is 3.97. The number of methoxy groups -OCH3 is 1. The minimum absolute atomic E-state index is 0.0638. The summed E-state index contributed by atoms with van der Waals surface area (Å²) in [7, 11) is -3.14. The molecule has 2 saturated carbocycles. The van der Waals surface area contributed by atoms with Crippen LogP contribution in [0.4, 0.5) is 17.1 Å². The maximum atomic E-state index is 14.1. The summed E-state index contributed by atoms with van der Waals surface area (Å²) in [6.45, 7) is 10.6. The zero-order chi connectivity index (χ0) is 46.4. The van der Waals surface area contributed by atoms with Gasteiger partial charge in [-0.3, -0.25) is 19.8 Å². The fourth-order valence-corrected chi connectivity index (χ4v) is 11.9. The molecule has 16 heteroatoms. The highest BCUT2D eigenvalue weighted by Crippen LogP contribution is 2.49. The molecule has 66 heavy (non-hydrogen) atoms. The molecule has 4 aliphatic rings. The first kappa shape index (κ1) is 45.4. The number of nitro benzene ring substituents is 1.